The maximum atomic E-state index is 12.6. The number of amides is 1. The second kappa shape index (κ2) is 7.60. The van der Waals surface area contributed by atoms with Gasteiger partial charge in [0, 0.05) is 30.9 Å². The Bertz CT molecular complexity index is 891. The molecular formula is C21H22N4O. The molecule has 26 heavy (non-hydrogen) atoms. The summed E-state index contributed by atoms with van der Waals surface area (Å²) in [4.78, 5) is 27.1. The van der Waals surface area contributed by atoms with Gasteiger partial charge in [-0.2, -0.15) is 0 Å². The van der Waals surface area contributed by atoms with E-state index in [1.807, 2.05) is 17.2 Å². The average molecular weight is 346 g/mol. The molecule has 5 nitrogen and oxygen atoms in total. The van der Waals surface area contributed by atoms with Crippen LogP contribution in [-0.2, 0) is 6.42 Å². The number of hydrogen-bond acceptors (Lipinski definition) is 4. The lowest BCUT2D eigenvalue weighted by atomic mass is 9.91. The first-order valence-electron chi connectivity index (χ1n) is 9.19. The van der Waals surface area contributed by atoms with Crippen LogP contribution < -0.4 is 0 Å². The van der Waals surface area contributed by atoms with E-state index in [0.717, 1.165) is 44.3 Å². The highest BCUT2D eigenvalue weighted by Gasteiger charge is 2.23. The molecular weight excluding hydrogens is 324 g/mol. The fourth-order valence-electron chi connectivity index (χ4n) is 3.79. The molecule has 0 radical (unpaired) electrons. The fourth-order valence-corrected chi connectivity index (χ4v) is 3.79. The Balaban J connectivity index is 1.45. The SMILES string of the molecule is O=C(c1ccncn1)N1CCC[C@H](Cc2cccc3cccnc23)CC1. The number of aromatic nitrogens is 3. The van der Waals surface area contributed by atoms with Crippen molar-refractivity contribution >= 4 is 16.8 Å². The quantitative estimate of drug-likeness (QED) is 0.728. The molecule has 0 N–H and O–H groups in total. The van der Waals surface area contributed by atoms with Crippen LogP contribution >= 0.6 is 0 Å². The van der Waals surface area contributed by atoms with Gasteiger partial charge in [-0.3, -0.25) is 9.78 Å². The van der Waals surface area contributed by atoms with Gasteiger partial charge < -0.3 is 4.90 Å². The van der Waals surface area contributed by atoms with Crippen molar-refractivity contribution in [1.29, 1.82) is 0 Å². The molecule has 0 unspecified atom stereocenters. The summed E-state index contributed by atoms with van der Waals surface area (Å²) in [5.74, 6) is 0.589. The lowest BCUT2D eigenvalue weighted by Crippen LogP contribution is -2.32. The van der Waals surface area contributed by atoms with E-state index < -0.39 is 0 Å². The van der Waals surface area contributed by atoms with Crippen LogP contribution in [0, 0.1) is 5.92 Å². The zero-order chi connectivity index (χ0) is 17.8. The molecule has 3 heterocycles. The van der Waals surface area contributed by atoms with Gasteiger partial charge in [0.1, 0.15) is 12.0 Å². The summed E-state index contributed by atoms with van der Waals surface area (Å²) in [5, 5.41) is 1.19. The monoisotopic (exact) mass is 346 g/mol. The van der Waals surface area contributed by atoms with Crippen LogP contribution in [-0.4, -0.2) is 38.8 Å². The standard InChI is InChI=1S/C21H22N4O/c26-21(19-8-11-22-15-24-19)25-12-3-4-16(9-13-25)14-18-6-1-5-17-7-2-10-23-20(17)18/h1-2,5-8,10-11,15-16H,3-4,9,12-14H2/t16-/m0/s1. The van der Waals surface area contributed by atoms with E-state index in [-0.39, 0.29) is 5.91 Å². The second-order valence-electron chi connectivity index (χ2n) is 6.88. The van der Waals surface area contributed by atoms with Crippen molar-refractivity contribution in [3.05, 3.63) is 66.4 Å². The topological polar surface area (TPSA) is 59.0 Å². The molecule has 1 amide bonds. The number of hydrogen-bond donors (Lipinski definition) is 0. The first kappa shape index (κ1) is 16.6. The van der Waals surface area contributed by atoms with Gasteiger partial charge in [0.2, 0.25) is 0 Å². The molecule has 1 fully saturated rings. The smallest absolute Gasteiger partial charge is 0.272 e. The summed E-state index contributed by atoms with van der Waals surface area (Å²) in [7, 11) is 0. The van der Waals surface area contributed by atoms with E-state index >= 15 is 0 Å². The molecule has 5 heteroatoms. The Morgan fingerprint density at radius 2 is 1.96 bits per heavy atom. The van der Waals surface area contributed by atoms with Gasteiger partial charge in [-0.15, -0.1) is 0 Å². The third-order valence-corrected chi connectivity index (χ3v) is 5.16. The van der Waals surface area contributed by atoms with E-state index in [0.29, 0.717) is 11.6 Å². The molecule has 132 valence electrons. The highest BCUT2D eigenvalue weighted by Crippen LogP contribution is 2.25. The van der Waals surface area contributed by atoms with E-state index in [1.54, 1.807) is 12.3 Å². The Morgan fingerprint density at radius 3 is 2.85 bits per heavy atom. The van der Waals surface area contributed by atoms with Crippen LogP contribution in [0.15, 0.2) is 55.1 Å². The van der Waals surface area contributed by atoms with Crippen molar-refractivity contribution in [2.75, 3.05) is 13.1 Å². The van der Waals surface area contributed by atoms with Crippen LogP contribution in [0.25, 0.3) is 10.9 Å². The molecule has 0 saturated carbocycles. The Kier molecular flexibility index (Phi) is 4.86. The van der Waals surface area contributed by atoms with Gasteiger partial charge in [-0.25, -0.2) is 9.97 Å². The number of pyridine rings is 1. The molecule has 3 aromatic rings. The third-order valence-electron chi connectivity index (χ3n) is 5.16. The van der Waals surface area contributed by atoms with Crippen LogP contribution in [0.4, 0.5) is 0 Å². The minimum absolute atomic E-state index is 0.0138. The highest BCUT2D eigenvalue weighted by molar-refractivity contribution is 5.92. The lowest BCUT2D eigenvalue weighted by molar-refractivity contribution is 0.0754. The van der Waals surface area contributed by atoms with Crippen molar-refractivity contribution in [3.8, 4) is 0 Å². The molecule has 0 aliphatic carbocycles. The number of carbonyl (C=O) groups is 1. The maximum Gasteiger partial charge on any atom is 0.272 e. The van der Waals surface area contributed by atoms with Crippen LogP contribution in [0.3, 0.4) is 0 Å². The minimum Gasteiger partial charge on any atom is -0.337 e. The first-order valence-corrected chi connectivity index (χ1v) is 9.19. The van der Waals surface area contributed by atoms with Crippen molar-refractivity contribution in [2.45, 2.75) is 25.7 Å². The van der Waals surface area contributed by atoms with Crippen molar-refractivity contribution in [3.63, 3.8) is 0 Å². The molecule has 0 bridgehead atoms. The Labute approximate surface area is 153 Å². The predicted molar refractivity (Wildman–Crippen MR) is 101 cm³/mol. The lowest BCUT2D eigenvalue weighted by Gasteiger charge is -2.20. The minimum atomic E-state index is 0.0138. The zero-order valence-corrected chi connectivity index (χ0v) is 14.7. The molecule has 0 spiro atoms. The highest BCUT2D eigenvalue weighted by atomic mass is 16.2. The number of fused-ring (bicyclic) bond motifs is 1. The Morgan fingerprint density at radius 1 is 1.04 bits per heavy atom. The maximum absolute atomic E-state index is 12.6. The normalized spacial score (nSPS) is 17.8. The van der Waals surface area contributed by atoms with E-state index in [4.69, 9.17) is 0 Å². The number of rotatable bonds is 3. The summed E-state index contributed by atoms with van der Waals surface area (Å²) < 4.78 is 0. The van der Waals surface area contributed by atoms with Gasteiger partial charge >= 0.3 is 0 Å². The molecule has 1 aromatic carbocycles. The largest absolute Gasteiger partial charge is 0.337 e. The van der Waals surface area contributed by atoms with E-state index in [9.17, 15) is 4.79 Å². The summed E-state index contributed by atoms with van der Waals surface area (Å²) in [5.41, 5.74) is 2.90. The van der Waals surface area contributed by atoms with Crippen LogP contribution in [0.5, 0.6) is 0 Å². The molecule has 4 rings (SSSR count). The molecule has 1 aliphatic heterocycles. The number of carbonyl (C=O) groups excluding carboxylic acids is 1. The summed E-state index contributed by atoms with van der Waals surface area (Å²) in [6.07, 6.45) is 9.11. The number of benzene rings is 1. The first-order chi connectivity index (χ1) is 12.8. The molecule has 2 aromatic heterocycles. The van der Waals surface area contributed by atoms with Gasteiger partial charge in [0.15, 0.2) is 0 Å². The van der Waals surface area contributed by atoms with Gasteiger partial charge in [-0.1, -0.05) is 24.3 Å². The molecule has 1 atom stereocenters. The van der Waals surface area contributed by atoms with Crippen molar-refractivity contribution in [1.82, 2.24) is 19.9 Å². The average Bonchev–Trinajstić information content (AvgIpc) is 2.94. The van der Waals surface area contributed by atoms with E-state index in [1.165, 1.54) is 17.3 Å². The van der Waals surface area contributed by atoms with Crippen LogP contribution in [0.2, 0.25) is 0 Å². The van der Waals surface area contributed by atoms with Gasteiger partial charge in [-0.05, 0) is 49.3 Å². The third kappa shape index (κ3) is 3.57. The van der Waals surface area contributed by atoms with Crippen LogP contribution in [0.1, 0.15) is 35.3 Å². The molecule has 1 aliphatic rings. The summed E-state index contributed by atoms with van der Waals surface area (Å²) in [6.45, 7) is 1.58. The van der Waals surface area contributed by atoms with E-state index in [2.05, 4.69) is 39.2 Å². The number of nitrogens with zero attached hydrogens (tertiary/aromatic N) is 4. The zero-order valence-electron chi connectivity index (χ0n) is 14.7. The van der Waals surface area contributed by atoms with Crippen molar-refractivity contribution in [2.24, 2.45) is 5.92 Å². The molecule has 1 saturated heterocycles. The van der Waals surface area contributed by atoms with Gasteiger partial charge in [0.05, 0.1) is 5.52 Å². The number of likely N-dealkylation sites (tertiary alicyclic amines) is 1. The summed E-state index contributed by atoms with van der Waals surface area (Å²) in [6, 6.07) is 12.2. The van der Waals surface area contributed by atoms with Crippen molar-refractivity contribution < 1.29 is 4.79 Å². The fraction of sp³-hybridized carbons (Fsp3) is 0.333. The predicted octanol–water partition coefficient (Wildman–Crippen LogP) is 3.51. The second-order valence-corrected chi connectivity index (χ2v) is 6.88. The Hall–Kier alpha value is -2.82. The number of para-hydroxylation sites is 1. The summed E-state index contributed by atoms with van der Waals surface area (Å²) >= 11 is 0. The van der Waals surface area contributed by atoms with Gasteiger partial charge in [0.25, 0.3) is 5.91 Å².